The number of ether oxygens (including phenoxy) is 1. The maximum Gasteiger partial charge on any atom is 0.254 e. The summed E-state index contributed by atoms with van der Waals surface area (Å²) in [4.78, 5) is 18.4. The molecule has 1 aromatic heterocycles. The molecule has 0 aliphatic rings. The molecular weight excluding hydrogens is 389 g/mol. The number of carbonyl (C=O) groups excluding carboxylic acids is 1. The molecule has 0 aliphatic carbocycles. The fourth-order valence-corrected chi connectivity index (χ4v) is 2.93. The van der Waals surface area contributed by atoms with Crippen LogP contribution in [-0.4, -0.2) is 34.6 Å². The van der Waals surface area contributed by atoms with E-state index in [1.54, 1.807) is 37.4 Å². The van der Waals surface area contributed by atoms with Gasteiger partial charge in [-0.3, -0.25) is 4.79 Å². The van der Waals surface area contributed by atoms with Crippen LogP contribution in [0.3, 0.4) is 0 Å². The Balaban J connectivity index is 1.72. The molecule has 2 aromatic carbocycles. The van der Waals surface area contributed by atoms with E-state index in [1.165, 1.54) is 4.90 Å². The molecule has 0 bridgehead atoms. The average molecular weight is 406 g/mol. The van der Waals surface area contributed by atoms with Crippen LogP contribution in [0.5, 0.6) is 5.75 Å². The van der Waals surface area contributed by atoms with Gasteiger partial charge in [-0.05, 0) is 37.3 Å². The van der Waals surface area contributed by atoms with Crippen LogP contribution in [-0.2, 0) is 6.54 Å². The topological polar surface area (TPSA) is 68.5 Å². The van der Waals surface area contributed by atoms with Gasteiger partial charge in [0.15, 0.2) is 0 Å². The number of rotatable bonds is 6. The number of hydrogen-bond acceptors (Lipinski definition) is 5. The zero-order valence-electron chi connectivity index (χ0n) is 14.8. The molecule has 140 valence electrons. The zero-order chi connectivity index (χ0) is 19.4. The van der Waals surface area contributed by atoms with Gasteiger partial charge in [0.2, 0.25) is 11.7 Å². The molecule has 6 nitrogen and oxygen atoms in total. The molecule has 1 amide bonds. The van der Waals surface area contributed by atoms with E-state index in [2.05, 4.69) is 10.1 Å². The highest BCUT2D eigenvalue weighted by atomic mass is 35.5. The van der Waals surface area contributed by atoms with E-state index in [4.69, 9.17) is 32.5 Å². The van der Waals surface area contributed by atoms with Crippen LogP contribution in [0.4, 0.5) is 0 Å². The second-order valence-electron chi connectivity index (χ2n) is 5.73. The van der Waals surface area contributed by atoms with Crippen molar-refractivity contribution in [3.63, 3.8) is 0 Å². The van der Waals surface area contributed by atoms with Crippen molar-refractivity contribution in [2.75, 3.05) is 13.7 Å². The summed E-state index contributed by atoms with van der Waals surface area (Å²) < 4.78 is 10.6. The molecule has 0 unspecified atom stereocenters. The van der Waals surface area contributed by atoms with Crippen LogP contribution in [0.1, 0.15) is 23.2 Å². The Labute approximate surface area is 166 Å². The Bertz CT molecular complexity index is 959. The largest absolute Gasteiger partial charge is 0.492 e. The number of nitrogens with zero attached hydrogens (tertiary/aromatic N) is 3. The first-order valence-corrected chi connectivity index (χ1v) is 9.00. The second kappa shape index (κ2) is 8.41. The van der Waals surface area contributed by atoms with Crippen molar-refractivity contribution < 1.29 is 14.1 Å². The SMILES string of the molecule is CCOc1ccc(C(=O)N(C)Cc2nc(-c3ccccc3Cl)no2)cc1Cl. The summed E-state index contributed by atoms with van der Waals surface area (Å²) in [7, 11) is 1.64. The van der Waals surface area contributed by atoms with Gasteiger partial charge in [0.05, 0.1) is 23.2 Å². The van der Waals surface area contributed by atoms with Gasteiger partial charge in [-0.15, -0.1) is 0 Å². The molecule has 8 heteroatoms. The third-order valence-electron chi connectivity index (χ3n) is 3.78. The fourth-order valence-electron chi connectivity index (χ4n) is 2.47. The minimum atomic E-state index is -0.225. The lowest BCUT2D eigenvalue weighted by Crippen LogP contribution is -2.26. The number of carbonyl (C=O) groups is 1. The van der Waals surface area contributed by atoms with Crippen LogP contribution >= 0.6 is 23.2 Å². The van der Waals surface area contributed by atoms with Crippen molar-refractivity contribution in [3.8, 4) is 17.1 Å². The molecule has 0 atom stereocenters. The smallest absolute Gasteiger partial charge is 0.254 e. The van der Waals surface area contributed by atoms with Crippen LogP contribution in [0.25, 0.3) is 11.4 Å². The number of aromatic nitrogens is 2. The monoisotopic (exact) mass is 405 g/mol. The van der Waals surface area contributed by atoms with Gasteiger partial charge < -0.3 is 14.2 Å². The minimum absolute atomic E-state index is 0.154. The molecule has 3 rings (SSSR count). The van der Waals surface area contributed by atoms with Gasteiger partial charge in [-0.25, -0.2) is 0 Å². The molecule has 0 saturated heterocycles. The van der Waals surface area contributed by atoms with E-state index in [0.717, 1.165) is 0 Å². The predicted molar refractivity (Wildman–Crippen MR) is 103 cm³/mol. The Morgan fingerprint density at radius 3 is 2.67 bits per heavy atom. The summed E-state index contributed by atoms with van der Waals surface area (Å²) in [5.41, 5.74) is 1.11. The fraction of sp³-hybridized carbons (Fsp3) is 0.211. The van der Waals surface area contributed by atoms with E-state index in [-0.39, 0.29) is 12.5 Å². The van der Waals surface area contributed by atoms with Gasteiger partial charge in [0, 0.05) is 18.2 Å². The lowest BCUT2D eigenvalue weighted by atomic mass is 10.2. The van der Waals surface area contributed by atoms with Crippen molar-refractivity contribution in [2.24, 2.45) is 0 Å². The first-order valence-electron chi connectivity index (χ1n) is 8.25. The third kappa shape index (κ3) is 4.40. The van der Waals surface area contributed by atoms with Crippen LogP contribution in [0, 0.1) is 0 Å². The van der Waals surface area contributed by atoms with E-state index >= 15 is 0 Å². The highest BCUT2D eigenvalue weighted by Gasteiger charge is 2.18. The molecule has 0 saturated carbocycles. The Kier molecular flexibility index (Phi) is 5.98. The van der Waals surface area contributed by atoms with Crippen molar-refractivity contribution in [1.29, 1.82) is 0 Å². The number of benzene rings is 2. The van der Waals surface area contributed by atoms with Crippen LogP contribution in [0.15, 0.2) is 47.0 Å². The van der Waals surface area contributed by atoms with E-state index in [1.807, 2.05) is 19.1 Å². The van der Waals surface area contributed by atoms with E-state index in [9.17, 15) is 4.79 Å². The van der Waals surface area contributed by atoms with Crippen molar-refractivity contribution in [1.82, 2.24) is 15.0 Å². The van der Waals surface area contributed by atoms with Gasteiger partial charge in [0.1, 0.15) is 5.75 Å². The van der Waals surface area contributed by atoms with E-state index in [0.29, 0.717) is 45.2 Å². The normalized spacial score (nSPS) is 10.7. The number of halogens is 2. The molecule has 0 radical (unpaired) electrons. The summed E-state index contributed by atoms with van der Waals surface area (Å²) in [5.74, 6) is 0.996. The van der Waals surface area contributed by atoms with Gasteiger partial charge in [-0.1, -0.05) is 40.5 Å². The van der Waals surface area contributed by atoms with E-state index < -0.39 is 0 Å². The van der Waals surface area contributed by atoms with Crippen LogP contribution in [0.2, 0.25) is 10.0 Å². The zero-order valence-corrected chi connectivity index (χ0v) is 16.3. The highest BCUT2D eigenvalue weighted by molar-refractivity contribution is 6.33. The van der Waals surface area contributed by atoms with Gasteiger partial charge in [-0.2, -0.15) is 4.98 Å². The second-order valence-corrected chi connectivity index (χ2v) is 6.55. The van der Waals surface area contributed by atoms with Crippen molar-refractivity contribution in [3.05, 3.63) is 64.0 Å². The van der Waals surface area contributed by atoms with Crippen LogP contribution < -0.4 is 4.74 Å². The standard InChI is InChI=1S/C19H17Cl2N3O3/c1-3-26-16-9-8-12(10-15(16)21)19(25)24(2)11-17-22-18(23-27-17)13-6-4-5-7-14(13)20/h4-10H,3,11H2,1-2H3. The maximum atomic E-state index is 12.6. The summed E-state index contributed by atoms with van der Waals surface area (Å²) in [5, 5.41) is 4.84. The maximum absolute atomic E-state index is 12.6. The molecular formula is C19H17Cl2N3O3. The highest BCUT2D eigenvalue weighted by Crippen LogP contribution is 2.27. The molecule has 3 aromatic rings. The molecule has 0 aliphatic heterocycles. The third-order valence-corrected chi connectivity index (χ3v) is 4.41. The Hall–Kier alpha value is -2.57. The van der Waals surface area contributed by atoms with Gasteiger partial charge in [0.25, 0.3) is 5.91 Å². The molecule has 0 N–H and O–H groups in total. The quantitative estimate of drug-likeness (QED) is 0.593. The molecule has 1 heterocycles. The summed E-state index contributed by atoms with van der Waals surface area (Å²) in [6.45, 7) is 2.52. The first kappa shape index (κ1) is 19.2. The minimum Gasteiger partial charge on any atom is -0.492 e. The van der Waals surface area contributed by atoms with Crippen molar-refractivity contribution >= 4 is 29.1 Å². The predicted octanol–water partition coefficient (Wildman–Crippen LogP) is 4.71. The average Bonchev–Trinajstić information content (AvgIpc) is 3.11. The summed E-state index contributed by atoms with van der Waals surface area (Å²) >= 11 is 12.3. The number of amides is 1. The molecule has 0 spiro atoms. The molecule has 0 fully saturated rings. The first-order chi connectivity index (χ1) is 13.0. The van der Waals surface area contributed by atoms with Crippen molar-refractivity contribution in [2.45, 2.75) is 13.5 Å². The summed E-state index contributed by atoms with van der Waals surface area (Å²) in [6, 6.07) is 12.1. The summed E-state index contributed by atoms with van der Waals surface area (Å²) in [6.07, 6.45) is 0. The number of hydrogen-bond donors (Lipinski definition) is 0. The lowest BCUT2D eigenvalue weighted by Gasteiger charge is -2.15. The Morgan fingerprint density at radius 1 is 1.19 bits per heavy atom. The molecule has 27 heavy (non-hydrogen) atoms. The lowest BCUT2D eigenvalue weighted by molar-refractivity contribution is 0.0769. The van der Waals surface area contributed by atoms with Gasteiger partial charge >= 0.3 is 0 Å². The Morgan fingerprint density at radius 2 is 1.96 bits per heavy atom.